The van der Waals surface area contributed by atoms with Gasteiger partial charge in [-0.3, -0.25) is 0 Å². The molecule has 0 radical (unpaired) electrons. The van der Waals surface area contributed by atoms with Gasteiger partial charge in [-0.2, -0.15) is 4.39 Å². The van der Waals surface area contributed by atoms with Crippen LogP contribution in [0.5, 0.6) is 0 Å². The van der Waals surface area contributed by atoms with Crippen LogP contribution in [0.15, 0.2) is 16.7 Å². The Hall–Kier alpha value is -0.520. The van der Waals surface area contributed by atoms with Crippen molar-refractivity contribution in [3.8, 4) is 0 Å². The lowest BCUT2D eigenvalue weighted by Gasteiger charge is -2.28. The molecule has 5 heteroatoms. The highest BCUT2D eigenvalue weighted by Gasteiger charge is 2.52. The summed E-state index contributed by atoms with van der Waals surface area (Å²) in [4.78, 5) is 3.60. The van der Waals surface area contributed by atoms with E-state index in [1.165, 1.54) is 12.3 Å². The van der Waals surface area contributed by atoms with Crippen LogP contribution in [0, 0.1) is 11.9 Å². The molecule has 0 spiro atoms. The first-order chi connectivity index (χ1) is 7.72. The van der Waals surface area contributed by atoms with Crippen molar-refractivity contribution in [3.63, 3.8) is 0 Å². The second-order valence-corrected chi connectivity index (χ2v) is 4.98. The van der Waals surface area contributed by atoms with Crippen LogP contribution in [-0.2, 0) is 15.3 Å². The zero-order chi connectivity index (χ0) is 11.2. The maximum atomic E-state index is 13.2. The van der Waals surface area contributed by atoms with Crippen LogP contribution in [0.4, 0.5) is 4.39 Å². The minimum Gasteiger partial charge on any atom is -0.343 e. The molecule has 0 atom stereocenters. The molecule has 1 saturated carbocycles. The predicted octanol–water partition coefficient (Wildman–Crippen LogP) is 2.59. The van der Waals surface area contributed by atoms with E-state index in [1.807, 2.05) is 0 Å². The van der Waals surface area contributed by atoms with Gasteiger partial charge in [-0.1, -0.05) is 0 Å². The third-order valence-electron chi connectivity index (χ3n) is 3.03. The summed E-state index contributed by atoms with van der Waals surface area (Å²) in [6.45, 7) is 1.12. The SMILES string of the molecule is Fc1cc(C2(C3CC3)OCCO2)c(Br)cn1. The van der Waals surface area contributed by atoms with Crippen LogP contribution in [-0.4, -0.2) is 18.2 Å². The van der Waals surface area contributed by atoms with Crippen LogP contribution in [0.3, 0.4) is 0 Å². The van der Waals surface area contributed by atoms with Crippen molar-refractivity contribution >= 4 is 15.9 Å². The van der Waals surface area contributed by atoms with Crippen LogP contribution < -0.4 is 0 Å². The van der Waals surface area contributed by atoms with E-state index >= 15 is 0 Å². The first-order valence-electron chi connectivity index (χ1n) is 5.32. The second-order valence-electron chi connectivity index (χ2n) is 4.13. The number of hydrogen-bond donors (Lipinski definition) is 0. The number of ether oxygens (including phenoxy) is 2. The monoisotopic (exact) mass is 287 g/mol. The number of nitrogens with zero attached hydrogens (tertiary/aromatic N) is 1. The van der Waals surface area contributed by atoms with Gasteiger partial charge in [0.25, 0.3) is 0 Å². The Bertz CT molecular complexity index is 416. The van der Waals surface area contributed by atoms with Crippen LogP contribution in [0.2, 0.25) is 0 Å². The molecular formula is C11H11BrFNO2. The lowest BCUT2D eigenvalue weighted by molar-refractivity contribution is -0.182. The van der Waals surface area contributed by atoms with Crippen molar-refractivity contribution in [2.75, 3.05) is 13.2 Å². The molecule has 2 aliphatic rings. The van der Waals surface area contributed by atoms with E-state index in [0.29, 0.717) is 19.1 Å². The van der Waals surface area contributed by atoms with E-state index in [1.54, 1.807) is 0 Å². The average molecular weight is 288 g/mol. The van der Waals surface area contributed by atoms with E-state index in [4.69, 9.17) is 9.47 Å². The molecule has 2 heterocycles. The number of hydrogen-bond acceptors (Lipinski definition) is 3. The Morgan fingerprint density at radius 3 is 2.69 bits per heavy atom. The standard InChI is InChI=1S/C11H11BrFNO2/c12-9-6-14-10(13)5-8(9)11(7-1-2-7)15-3-4-16-11/h5-7H,1-4H2. The molecular weight excluding hydrogens is 277 g/mol. The molecule has 0 bridgehead atoms. The maximum absolute atomic E-state index is 13.2. The van der Waals surface area contributed by atoms with Gasteiger partial charge in [0.1, 0.15) is 0 Å². The molecule has 0 unspecified atom stereocenters. The van der Waals surface area contributed by atoms with Crippen molar-refractivity contribution in [3.05, 3.63) is 28.2 Å². The van der Waals surface area contributed by atoms with Gasteiger partial charge in [0, 0.05) is 28.2 Å². The summed E-state index contributed by atoms with van der Waals surface area (Å²) in [6.07, 6.45) is 3.59. The third kappa shape index (κ3) is 1.58. The third-order valence-corrected chi connectivity index (χ3v) is 3.66. The van der Waals surface area contributed by atoms with Crippen LogP contribution >= 0.6 is 15.9 Å². The molecule has 1 aliphatic heterocycles. The number of aromatic nitrogens is 1. The number of rotatable bonds is 2. The first kappa shape index (κ1) is 10.6. The highest BCUT2D eigenvalue weighted by atomic mass is 79.9. The van der Waals surface area contributed by atoms with E-state index in [0.717, 1.165) is 22.9 Å². The quantitative estimate of drug-likeness (QED) is 0.784. The summed E-state index contributed by atoms with van der Waals surface area (Å²) < 4.78 is 25.4. The Morgan fingerprint density at radius 1 is 1.38 bits per heavy atom. The molecule has 0 N–H and O–H groups in total. The normalized spacial score (nSPS) is 23.6. The molecule has 86 valence electrons. The largest absolute Gasteiger partial charge is 0.343 e. The lowest BCUT2D eigenvalue weighted by Crippen LogP contribution is -2.30. The van der Waals surface area contributed by atoms with E-state index in [-0.39, 0.29) is 0 Å². The molecule has 0 aromatic carbocycles. The second kappa shape index (κ2) is 3.75. The molecule has 0 amide bonds. The van der Waals surface area contributed by atoms with Gasteiger partial charge in [0.2, 0.25) is 5.95 Å². The predicted molar refractivity (Wildman–Crippen MR) is 58.2 cm³/mol. The topological polar surface area (TPSA) is 31.4 Å². The maximum Gasteiger partial charge on any atom is 0.213 e. The Balaban J connectivity index is 2.08. The number of pyridine rings is 1. The summed E-state index contributed by atoms with van der Waals surface area (Å²) in [5, 5.41) is 0. The van der Waals surface area contributed by atoms with Gasteiger partial charge in [-0.15, -0.1) is 0 Å². The van der Waals surface area contributed by atoms with Crippen molar-refractivity contribution in [1.29, 1.82) is 0 Å². The highest BCUT2D eigenvalue weighted by Crippen LogP contribution is 2.52. The van der Waals surface area contributed by atoms with Gasteiger partial charge >= 0.3 is 0 Å². The van der Waals surface area contributed by atoms with E-state index < -0.39 is 11.7 Å². The highest BCUT2D eigenvalue weighted by molar-refractivity contribution is 9.10. The van der Waals surface area contributed by atoms with Crippen molar-refractivity contribution in [2.24, 2.45) is 5.92 Å². The molecule has 2 fully saturated rings. The first-order valence-corrected chi connectivity index (χ1v) is 6.11. The van der Waals surface area contributed by atoms with Crippen LogP contribution in [0.25, 0.3) is 0 Å². The minimum absolute atomic E-state index is 0.341. The fourth-order valence-corrected chi connectivity index (χ4v) is 2.68. The zero-order valence-corrected chi connectivity index (χ0v) is 10.2. The Labute approximate surface area is 101 Å². The molecule has 1 saturated heterocycles. The molecule has 16 heavy (non-hydrogen) atoms. The van der Waals surface area contributed by atoms with Crippen molar-refractivity contribution in [2.45, 2.75) is 18.6 Å². The van der Waals surface area contributed by atoms with Crippen LogP contribution in [0.1, 0.15) is 18.4 Å². The minimum atomic E-state index is -0.747. The average Bonchev–Trinajstić information content (AvgIpc) is 3.02. The summed E-state index contributed by atoms with van der Waals surface area (Å²) in [5.74, 6) is -0.909. The molecule has 1 aliphatic carbocycles. The van der Waals surface area contributed by atoms with Crippen molar-refractivity contribution in [1.82, 2.24) is 4.98 Å². The zero-order valence-electron chi connectivity index (χ0n) is 8.58. The molecule has 3 rings (SSSR count). The van der Waals surface area contributed by atoms with Crippen molar-refractivity contribution < 1.29 is 13.9 Å². The fourth-order valence-electron chi connectivity index (χ4n) is 2.18. The molecule has 1 aromatic rings. The molecule has 1 aromatic heterocycles. The number of halogens is 2. The lowest BCUT2D eigenvalue weighted by atomic mass is 10.0. The fraction of sp³-hybridized carbons (Fsp3) is 0.545. The van der Waals surface area contributed by atoms with Gasteiger partial charge in [0.05, 0.1) is 13.2 Å². The van der Waals surface area contributed by atoms with Gasteiger partial charge in [0.15, 0.2) is 5.79 Å². The van der Waals surface area contributed by atoms with Gasteiger partial charge < -0.3 is 9.47 Å². The Morgan fingerprint density at radius 2 is 2.06 bits per heavy atom. The van der Waals surface area contributed by atoms with E-state index in [9.17, 15) is 4.39 Å². The summed E-state index contributed by atoms with van der Waals surface area (Å²) in [7, 11) is 0. The van der Waals surface area contributed by atoms with Gasteiger partial charge in [-0.25, -0.2) is 4.98 Å². The molecule has 3 nitrogen and oxygen atoms in total. The smallest absolute Gasteiger partial charge is 0.213 e. The van der Waals surface area contributed by atoms with E-state index in [2.05, 4.69) is 20.9 Å². The summed E-state index contributed by atoms with van der Waals surface area (Å²) in [5.41, 5.74) is 0.722. The van der Waals surface area contributed by atoms with Gasteiger partial charge in [-0.05, 0) is 28.8 Å². The summed E-state index contributed by atoms with van der Waals surface area (Å²) in [6, 6.07) is 1.40. The summed E-state index contributed by atoms with van der Waals surface area (Å²) >= 11 is 3.38. The Kier molecular flexibility index (Phi) is 2.49.